The number of hydrogen-bond acceptors (Lipinski definition) is 3. The third-order valence-corrected chi connectivity index (χ3v) is 1.94. The molecular weight excluding hydrogens is 186 g/mol. The van der Waals surface area contributed by atoms with Crippen molar-refractivity contribution in [2.75, 3.05) is 11.1 Å². The number of halogens is 1. The van der Waals surface area contributed by atoms with Gasteiger partial charge in [-0.1, -0.05) is 17.7 Å². The van der Waals surface area contributed by atoms with Gasteiger partial charge in [0.15, 0.2) is 0 Å². The van der Waals surface area contributed by atoms with Crippen LogP contribution in [0.1, 0.15) is 6.92 Å². The molecule has 0 aliphatic carbocycles. The minimum atomic E-state index is 0.127. The zero-order chi connectivity index (χ0) is 9.84. The van der Waals surface area contributed by atoms with Crippen LogP contribution in [0.15, 0.2) is 25.0 Å². The monoisotopic (exact) mass is 197 g/mol. The van der Waals surface area contributed by atoms with Crippen molar-refractivity contribution in [2.45, 2.75) is 13.0 Å². The molecule has 13 heavy (non-hydrogen) atoms. The molecule has 1 heterocycles. The molecule has 1 rings (SSSR count). The average Bonchev–Trinajstić information content (AvgIpc) is 2.11. The first-order chi connectivity index (χ1) is 6.15. The van der Waals surface area contributed by atoms with Crippen LogP contribution in [-0.4, -0.2) is 11.0 Å². The van der Waals surface area contributed by atoms with E-state index < -0.39 is 0 Å². The molecule has 0 radical (unpaired) electrons. The fourth-order valence-electron chi connectivity index (χ4n) is 0.889. The van der Waals surface area contributed by atoms with Crippen molar-refractivity contribution in [3.63, 3.8) is 0 Å². The van der Waals surface area contributed by atoms with E-state index >= 15 is 0 Å². The van der Waals surface area contributed by atoms with Crippen molar-refractivity contribution < 1.29 is 0 Å². The lowest BCUT2D eigenvalue weighted by atomic mass is 10.3. The van der Waals surface area contributed by atoms with E-state index in [4.69, 9.17) is 17.3 Å². The molecule has 1 aromatic rings. The van der Waals surface area contributed by atoms with Crippen LogP contribution >= 0.6 is 11.6 Å². The summed E-state index contributed by atoms with van der Waals surface area (Å²) in [5.41, 5.74) is 6.94. The molecule has 0 saturated carbocycles. The second-order valence-corrected chi connectivity index (χ2v) is 3.16. The maximum atomic E-state index is 5.89. The molecule has 70 valence electrons. The molecule has 1 aromatic heterocycles. The highest BCUT2D eigenvalue weighted by atomic mass is 35.5. The van der Waals surface area contributed by atoms with E-state index in [-0.39, 0.29) is 6.04 Å². The van der Waals surface area contributed by atoms with E-state index in [1.807, 2.05) is 6.92 Å². The van der Waals surface area contributed by atoms with Gasteiger partial charge in [-0.2, -0.15) is 0 Å². The predicted octanol–water partition coefficient (Wildman–Crippen LogP) is 2.30. The molecule has 3 N–H and O–H groups in total. The van der Waals surface area contributed by atoms with Crippen LogP contribution in [0.5, 0.6) is 0 Å². The number of nitrogens with zero attached hydrogens (tertiary/aromatic N) is 1. The van der Waals surface area contributed by atoms with Gasteiger partial charge in [0.2, 0.25) is 0 Å². The zero-order valence-corrected chi connectivity index (χ0v) is 8.17. The van der Waals surface area contributed by atoms with Crippen LogP contribution in [0.3, 0.4) is 0 Å². The minimum absolute atomic E-state index is 0.127. The number of rotatable bonds is 3. The number of aromatic nitrogens is 1. The average molecular weight is 198 g/mol. The first-order valence-electron chi connectivity index (χ1n) is 3.93. The molecule has 0 aliphatic rings. The standard InChI is InChI=1S/C9H12ClN3/c1-3-6(2)13-9-7(10)4-12-5-8(9)11/h3-6H,1,11H2,2H3,(H,12,13). The van der Waals surface area contributed by atoms with E-state index in [1.165, 1.54) is 0 Å². The Kier molecular flexibility index (Phi) is 3.14. The molecule has 0 bridgehead atoms. The smallest absolute Gasteiger partial charge is 0.0842 e. The fraction of sp³-hybridized carbons (Fsp3) is 0.222. The van der Waals surface area contributed by atoms with Gasteiger partial charge >= 0.3 is 0 Å². The van der Waals surface area contributed by atoms with Crippen molar-refractivity contribution in [2.24, 2.45) is 0 Å². The molecule has 4 heteroatoms. The summed E-state index contributed by atoms with van der Waals surface area (Å²) in [5, 5.41) is 3.64. The summed E-state index contributed by atoms with van der Waals surface area (Å²) < 4.78 is 0. The van der Waals surface area contributed by atoms with Gasteiger partial charge in [-0.3, -0.25) is 4.98 Å². The van der Waals surface area contributed by atoms with Gasteiger partial charge in [0, 0.05) is 12.2 Å². The third-order valence-electron chi connectivity index (χ3n) is 1.65. The highest BCUT2D eigenvalue weighted by Gasteiger charge is 2.05. The van der Waals surface area contributed by atoms with E-state index in [1.54, 1.807) is 18.5 Å². The predicted molar refractivity (Wildman–Crippen MR) is 56.9 cm³/mol. The Balaban J connectivity index is 2.93. The number of anilines is 2. The molecular formula is C9H12ClN3. The zero-order valence-electron chi connectivity index (χ0n) is 7.42. The molecule has 0 spiro atoms. The lowest BCUT2D eigenvalue weighted by Crippen LogP contribution is -2.13. The summed E-state index contributed by atoms with van der Waals surface area (Å²) in [6.07, 6.45) is 4.89. The maximum Gasteiger partial charge on any atom is 0.0842 e. The Morgan fingerprint density at radius 1 is 1.69 bits per heavy atom. The molecule has 3 nitrogen and oxygen atoms in total. The Bertz CT molecular complexity index is 291. The molecule has 0 saturated heterocycles. The Morgan fingerprint density at radius 3 is 2.92 bits per heavy atom. The van der Waals surface area contributed by atoms with Gasteiger partial charge in [-0.15, -0.1) is 6.58 Å². The Hall–Kier alpha value is -1.22. The van der Waals surface area contributed by atoms with Gasteiger partial charge in [-0.25, -0.2) is 0 Å². The second-order valence-electron chi connectivity index (χ2n) is 2.75. The topological polar surface area (TPSA) is 50.9 Å². The number of nitrogens with two attached hydrogens (primary N) is 1. The highest BCUT2D eigenvalue weighted by molar-refractivity contribution is 6.33. The molecule has 0 amide bonds. The van der Waals surface area contributed by atoms with Crippen LogP contribution < -0.4 is 11.1 Å². The second kappa shape index (κ2) is 4.14. The van der Waals surface area contributed by atoms with E-state index in [0.29, 0.717) is 16.4 Å². The molecule has 1 atom stereocenters. The van der Waals surface area contributed by atoms with Gasteiger partial charge < -0.3 is 11.1 Å². The van der Waals surface area contributed by atoms with Gasteiger partial charge in [0.05, 0.1) is 22.6 Å². The SMILES string of the molecule is C=CC(C)Nc1c(N)cncc1Cl. The summed E-state index contributed by atoms with van der Waals surface area (Å²) in [5.74, 6) is 0. The summed E-state index contributed by atoms with van der Waals surface area (Å²) in [7, 11) is 0. The first kappa shape index (κ1) is 9.86. The quantitative estimate of drug-likeness (QED) is 0.732. The van der Waals surface area contributed by atoms with E-state index in [2.05, 4.69) is 16.9 Å². The summed E-state index contributed by atoms with van der Waals surface area (Å²) in [6, 6.07) is 0.127. The van der Waals surface area contributed by atoms with Crippen molar-refractivity contribution in [3.05, 3.63) is 30.1 Å². The highest BCUT2D eigenvalue weighted by Crippen LogP contribution is 2.27. The van der Waals surface area contributed by atoms with Gasteiger partial charge in [0.1, 0.15) is 0 Å². The summed E-state index contributed by atoms with van der Waals surface area (Å²) in [6.45, 7) is 5.62. The lowest BCUT2D eigenvalue weighted by molar-refractivity contribution is 1.00. The van der Waals surface area contributed by atoms with Crippen LogP contribution in [0.25, 0.3) is 0 Å². The van der Waals surface area contributed by atoms with Gasteiger partial charge in [-0.05, 0) is 6.92 Å². The number of hydrogen-bond donors (Lipinski definition) is 2. The van der Waals surface area contributed by atoms with Crippen LogP contribution in [0, 0.1) is 0 Å². The Morgan fingerprint density at radius 2 is 2.38 bits per heavy atom. The van der Waals surface area contributed by atoms with Crippen molar-refractivity contribution in [1.82, 2.24) is 4.98 Å². The van der Waals surface area contributed by atoms with Crippen molar-refractivity contribution in [1.29, 1.82) is 0 Å². The van der Waals surface area contributed by atoms with E-state index in [0.717, 1.165) is 0 Å². The lowest BCUT2D eigenvalue weighted by Gasteiger charge is -2.13. The summed E-state index contributed by atoms with van der Waals surface area (Å²) in [4.78, 5) is 3.85. The molecule has 0 aromatic carbocycles. The van der Waals surface area contributed by atoms with Crippen LogP contribution in [0.4, 0.5) is 11.4 Å². The largest absolute Gasteiger partial charge is 0.396 e. The third kappa shape index (κ3) is 2.36. The summed E-state index contributed by atoms with van der Waals surface area (Å²) >= 11 is 5.89. The van der Waals surface area contributed by atoms with E-state index in [9.17, 15) is 0 Å². The normalized spacial score (nSPS) is 12.2. The van der Waals surface area contributed by atoms with Crippen LogP contribution in [0.2, 0.25) is 5.02 Å². The van der Waals surface area contributed by atoms with Crippen molar-refractivity contribution >= 4 is 23.0 Å². The number of nitrogen functional groups attached to an aromatic ring is 1. The van der Waals surface area contributed by atoms with Crippen LogP contribution in [-0.2, 0) is 0 Å². The fourth-order valence-corrected chi connectivity index (χ4v) is 1.11. The Labute approximate surface area is 82.6 Å². The number of pyridine rings is 1. The number of nitrogens with one attached hydrogen (secondary N) is 1. The van der Waals surface area contributed by atoms with Crippen molar-refractivity contribution in [3.8, 4) is 0 Å². The first-order valence-corrected chi connectivity index (χ1v) is 4.31. The minimum Gasteiger partial charge on any atom is -0.396 e. The van der Waals surface area contributed by atoms with Gasteiger partial charge in [0.25, 0.3) is 0 Å². The molecule has 1 unspecified atom stereocenters. The molecule has 0 aliphatic heterocycles. The molecule has 0 fully saturated rings. The maximum absolute atomic E-state index is 5.89.